The molecule has 1 saturated heterocycles. The van der Waals surface area contributed by atoms with Gasteiger partial charge in [-0.2, -0.15) is 0 Å². The van der Waals surface area contributed by atoms with Gasteiger partial charge in [0.2, 0.25) is 0 Å². The molecule has 1 fully saturated rings. The summed E-state index contributed by atoms with van der Waals surface area (Å²) in [7, 11) is -0.766. The van der Waals surface area contributed by atoms with E-state index in [2.05, 4.69) is 0 Å². The lowest BCUT2D eigenvalue weighted by Gasteiger charge is -2.32. The molecule has 0 aliphatic carbocycles. The molecular weight excluding hydrogens is 262 g/mol. The number of benzene rings is 1. The van der Waals surface area contributed by atoms with Crippen molar-refractivity contribution in [3.63, 3.8) is 0 Å². The summed E-state index contributed by atoms with van der Waals surface area (Å²) in [6, 6.07) is 4.37. The Morgan fingerprint density at radius 1 is 1.20 bits per heavy atom. The number of aliphatic hydroxyl groups excluding tert-OH is 1. The molecule has 0 amide bonds. The van der Waals surface area contributed by atoms with Crippen molar-refractivity contribution in [2.75, 3.05) is 13.2 Å². The van der Waals surface area contributed by atoms with Crippen LogP contribution in [0.3, 0.4) is 0 Å². The molecule has 1 heterocycles. The van der Waals surface area contributed by atoms with Crippen LogP contribution < -0.4 is 10.2 Å². The SMILES string of the molecule is CC1(C)OB(c2cc(OCCO)ccc2F)OC1(C)C. The van der Waals surface area contributed by atoms with Crippen molar-refractivity contribution in [3.05, 3.63) is 24.0 Å². The first-order valence-corrected chi connectivity index (χ1v) is 6.65. The second-order valence-corrected chi connectivity index (χ2v) is 5.84. The quantitative estimate of drug-likeness (QED) is 0.850. The maximum absolute atomic E-state index is 14.0. The summed E-state index contributed by atoms with van der Waals surface area (Å²) in [5, 5.41) is 8.75. The number of aliphatic hydroxyl groups is 1. The molecule has 6 heteroatoms. The van der Waals surface area contributed by atoms with Crippen LogP contribution >= 0.6 is 0 Å². The second kappa shape index (κ2) is 5.35. The van der Waals surface area contributed by atoms with Crippen LogP contribution in [-0.2, 0) is 9.31 Å². The molecule has 0 saturated carbocycles. The summed E-state index contributed by atoms with van der Waals surface area (Å²) in [4.78, 5) is 0. The van der Waals surface area contributed by atoms with E-state index in [1.54, 1.807) is 6.07 Å². The zero-order valence-corrected chi connectivity index (χ0v) is 12.3. The highest BCUT2D eigenvalue weighted by Gasteiger charge is 2.52. The Morgan fingerprint density at radius 3 is 2.35 bits per heavy atom. The fraction of sp³-hybridized carbons (Fsp3) is 0.571. The first-order chi connectivity index (χ1) is 9.27. The number of hydrogen-bond acceptors (Lipinski definition) is 4. The minimum atomic E-state index is -0.766. The molecule has 1 aromatic carbocycles. The largest absolute Gasteiger partial charge is 0.497 e. The van der Waals surface area contributed by atoms with Gasteiger partial charge in [-0.1, -0.05) is 0 Å². The molecule has 0 bridgehead atoms. The maximum Gasteiger partial charge on any atom is 0.497 e. The van der Waals surface area contributed by atoms with Crippen LogP contribution in [0.5, 0.6) is 5.75 Å². The van der Waals surface area contributed by atoms with Crippen LogP contribution in [0.4, 0.5) is 4.39 Å². The van der Waals surface area contributed by atoms with Gasteiger partial charge >= 0.3 is 7.12 Å². The number of ether oxygens (including phenoxy) is 1. The van der Waals surface area contributed by atoms with Gasteiger partial charge in [-0.15, -0.1) is 0 Å². The van der Waals surface area contributed by atoms with Gasteiger partial charge in [0, 0.05) is 5.46 Å². The molecule has 110 valence electrons. The molecular formula is C14H20BFO4. The number of hydrogen-bond donors (Lipinski definition) is 1. The predicted molar refractivity (Wildman–Crippen MR) is 74.7 cm³/mol. The van der Waals surface area contributed by atoms with E-state index in [9.17, 15) is 4.39 Å². The van der Waals surface area contributed by atoms with Crippen LogP contribution in [0.15, 0.2) is 18.2 Å². The van der Waals surface area contributed by atoms with Gasteiger partial charge in [0.25, 0.3) is 0 Å². The normalized spacial score (nSPS) is 20.2. The van der Waals surface area contributed by atoms with Crippen LogP contribution in [-0.4, -0.2) is 36.6 Å². The molecule has 1 N–H and O–H groups in total. The smallest absolute Gasteiger partial charge is 0.491 e. The van der Waals surface area contributed by atoms with Crippen molar-refractivity contribution in [2.45, 2.75) is 38.9 Å². The summed E-state index contributed by atoms with van der Waals surface area (Å²) in [5.41, 5.74) is -0.739. The third-order valence-corrected chi connectivity index (χ3v) is 3.83. The Labute approximate surface area is 119 Å². The van der Waals surface area contributed by atoms with E-state index >= 15 is 0 Å². The van der Waals surface area contributed by atoms with E-state index in [-0.39, 0.29) is 13.2 Å². The topological polar surface area (TPSA) is 47.9 Å². The van der Waals surface area contributed by atoms with E-state index in [0.717, 1.165) is 0 Å². The number of halogens is 1. The molecule has 2 rings (SSSR count). The van der Waals surface area contributed by atoms with Crippen molar-refractivity contribution in [3.8, 4) is 5.75 Å². The highest BCUT2D eigenvalue weighted by molar-refractivity contribution is 6.62. The third-order valence-electron chi connectivity index (χ3n) is 3.83. The van der Waals surface area contributed by atoms with Crippen LogP contribution in [0.1, 0.15) is 27.7 Å². The zero-order chi connectivity index (χ0) is 15.0. The number of rotatable bonds is 4. The fourth-order valence-corrected chi connectivity index (χ4v) is 1.93. The lowest BCUT2D eigenvalue weighted by atomic mass is 9.78. The molecule has 0 aromatic heterocycles. The van der Waals surface area contributed by atoms with Crippen molar-refractivity contribution >= 4 is 12.6 Å². The lowest BCUT2D eigenvalue weighted by molar-refractivity contribution is 0.00578. The Hall–Kier alpha value is -1.11. The van der Waals surface area contributed by atoms with E-state index in [1.807, 2.05) is 27.7 Å². The molecule has 0 spiro atoms. The van der Waals surface area contributed by atoms with Crippen molar-refractivity contribution < 1.29 is 23.5 Å². The summed E-state index contributed by atoms with van der Waals surface area (Å²) in [6.45, 7) is 7.72. The first kappa shape index (κ1) is 15.3. The van der Waals surface area contributed by atoms with Gasteiger partial charge in [-0.25, -0.2) is 4.39 Å². The van der Waals surface area contributed by atoms with Crippen LogP contribution in [0.2, 0.25) is 0 Å². The predicted octanol–water partition coefficient (Wildman–Crippen LogP) is 1.50. The molecule has 1 aliphatic heterocycles. The van der Waals surface area contributed by atoms with Gasteiger partial charge in [0.1, 0.15) is 18.2 Å². The fourth-order valence-electron chi connectivity index (χ4n) is 1.93. The maximum atomic E-state index is 14.0. The molecule has 1 aromatic rings. The summed E-state index contributed by atoms with van der Waals surface area (Å²) in [5.74, 6) is 0.0741. The van der Waals surface area contributed by atoms with E-state index in [1.165, 1.54) is 12.1 Å². The molecule has 0 unspecified atom stereocenters. The van der Waals surface area contributed by atoms with E-state index in [0.29, 0.717) is 11.2 Å². The molecule has 1 aliphatic rings. The highest BCUT2D eigenvalue weighted by Crippen LogP contribution is 2.36. The average Bonchev–Trinajstić information content (AvgIpc) is 2.57. The Balaban J connectivity index is 2.25. The van der Waals surface area contributed by atoms with Crippen LogP contribution in [0.25, 0.3) is 0 Å². The van der Waals surface area contributed by atoms with E-state index < -0.39 is 24.1 Å². The zero-order valence-electron chi connectivity index (χ0n) is 12.3. The highest BCUT2D eigenvalue weighted by atomic mass is 19.1. The van der Waals surface area contributed by atoms with Gasteiger partial charge in [0.15, 0.2) is 0 Å². The van der Waals surface area contributed by atoms with Crippen molar-refractivity contribution in [1.82, 2.24) is 0 Å². The molecule has 4 nitrogen and oxygen atoms in total. The third kappa shape index (κ3) is 2.82. The minimum Gasteiger partial charge on any atom is -0.491 e. The Kier molecular flexibility index (Phi) is 4.09. The van der Waals surface area contributed by atoms with Gasteiger partial charge in [0.05, 0.1) is 17.8 Å². The summed E-state index contributed by atoms with van der Waals surface area (Å²) in [6.07, 6.45) is 0. The summed E-state index contributed by atoms with van der Waals surface area (Å²) >= 11 is 0. The molecule has 0 atom stereocenters. The summed E-state index contributed by atoms with van der Waals surface area (Å²) < 4.78 is 30.9. The lowest BCUT2D eigenvalue weighted by Crippen LogP contribution is -2.41. The Bertz CT molecular complexity index is 474. The van der Waals surface area contributed by atoms with Gasteiger partial charge in [-0.3, -0.25) is 0 Å². The molecule has 0 radical (unpaired) electrons. The average molecular weight is 282 g/mol. The first-order valence-electron chi connectivity index (χ1n) is 6.65. The Morgan fingerprint density at radius 2 is 1.80 bits per heavy atom. The van der Waals surface area contributed by atoms with Gasteiger partial charge < -0.3 is 19.2 Å². The minimum absolute atomic E-state index is 0.0940. The van der Waals surface area contributed by atoms with Crippen molar-refractivity contribution in [1.29, 1.82) is 0 Å². The second-order valence-electron chi connectivity index (χ2n) is 5.84. The van der Waals surface area contributed by atoms with Crippen molar-refractivity contribution in [2.24, 2.45) is 0 Å². The van der Waals surface area contributed by atoms with Gasteiger partial charge in [-0.05, 0) is 45.9 Å². The molecule has 20 heavy (non-hydrogen) atoms. The monoisotopic (exact) mass is 282 g/mol. The standard InChI is InChI=1S/C14H20BFO4/c1-13(2)14(3,4)20-15(19-13)11-9-10(18-8-7-17)5-6-12(11)16/h5-6,9,17H,7-8H2,1-4H3. The van der Waals surface area contributed by atoms with Crippen LogP contribution in [0, 0.1) is 5.82 Å². The van der Waals surface area contributed by atoms with E-state index in [4.69, 9.17) is 19.2 Å².